The summed E-state index contributed by atoms with van der Waals surface area (Å²) in [5, 5.41) is 3.73. The van der Waals surface area contributed by atoms with Gasteiger partial charge in [-0.3, -0.25) is 0 Å². The monoisotopic (exact) mass is 79.0 g/mol. The molecule has 0 N–H and O–H groups in total. The van der Waals surface area contributed by atoms with Gasteiger partial charge in [0.1, 0.15) is 0 Å². The fourth-order valence-electron chi connectivity index (χ4n) is 0.277. The first-order valence-corrected chi connectivity index (χ1v) is 1.76. The van der Waals surface area contributed by atoms with Crippen molar-refractivity contribution in [2.75, 3.05) is 0 Å². The number of nitrogens with zero attached hydrogens (tertiary/aromatic N) is 1. The lowest BCUT2D eigenvalue weighted by atomic mass is 10.5. The SMILES string of the molecule is C1=CC=C[N-]C=1.[H+]. The zero-order valence-corrected chi connectivity index (χ0v) is 3.26. The average Bonchev–Trinajstić information content (AvgIpc) is 1.72. The second kappa shape index (κ2) is 1.48. The Morgan fingerprint density at radius 3 is 2.83 bits per heavy atom. The van der Waals surface area contributed by atoms with Gasteiger partial charge < -0.3 is 5.32 Å². The fraction of sp³-hybridized carbons (Fsp3) is 0. The van der Waals surface area contributed by atoms with Gasteiger partial charge >= 0.3 is 1.43 Å². The molecular formula is C5H5N. The minimum atomic E-state index is 0. The van der Waals surface area contributed by atoms with E-state index in [9.17, 15) is 0 Å². The zero-order valence-electron chi connectivity index (χ0n) is 4.26. The van der Waals surface area contributed by atoms with Gasteiger partial charge in [-0.2, -0.15) is 6.20 Å². The van der Waals surface area contributed by atoms with Crippen LogP contribution in [0.2, 0.25) is 0 Å². The Bertz CT molecular complexity index is 120. The highest BCUT2D eigenvalue weighted by molar-refractivity contribution is 5.21. The number of rotatable bonds is 0. The Morgan fingerprint density at radius 2 is 2.67 bits per heavy atom. The molecule has 1 aliphatic heterocycles. The van der Waals surface area contributed by atoms with Crippen molar-refractivity contribution in [3.63, 3.8) is 0 Å². The molecule has 0 saturated heterocycles. The molecule has 0 bridgehead atoms. The Morgan fingerprint density at radius 1 is 1.67 bits per heavy atom. The third kappa shape index (κ3) is 0.507. The van der Waals surface area contributed by atoms with Crippen molar-refractivity contribution in [3.8, 4) is 0 Å². The minimum Gasteiger partial charge on any atom is -0.664 e. The molecule has 0 radical (unpaired) electrons. The van der Waals surface area contributed by atoms with Crippen LogP contribution < -0.4 is 0 Å². The molecule has 0 saturated carbocycles. The van der Waals surface area contributed by atoms with Crippen molar-refractivity contribution in [3.05, 3.63) is 35.6 Å². The Kier molecular flexibility index (Phi) is 0.806. The summed E-state index contributed by atoms with van der Waals surface area (Å²) in [6.07, 6.45) is 6.99. The molecule has 0 aromatic carbocycles. The number of allylic oxidation sites excluding steroid dienone is 2. The molecule has 0 atom stereocenters. The second-order valence-electron chi connectivity index (χ2n) is 0.953. The molecule has 0 aliphatic carbocycles. The molecule has 0 aromatic rings. The summed E-state index contributed by atoms with van der Waals surface area (Å²) in [5.74, 6) is 0. The summed E-state index contributed by atoms with van der Waals surface area (Å²) in [5.41, 5.74) is 2.78. The van der Waals surface area contributed by atoms with Gasteiger partial charge in [-0.15, -0.1) is 11.9 Å². The summed E-state index contributed by atoms with van der Waals surface area (Å²) in [4.78, 5) is 0. The van der Waals surface area contributed by atoms with E-state index in [2.05, 4.69) is 11.0 Å². The number of hydrogen-bond acceptors (Lipinski definition) is 0. The van der Waals surface area contributed by atoms with Gasteiger partial charge in [-0.1, -0.05) is 6.08 Å². The van der Waals surface area contributed by atoms with Crippen LogP contribution in [0, 0.1) is 0 Å². The average molecular weight is 79.1 g/mol. The van der Waals surface area contributed by atoms with Crippen LogP contribution in [0.25, 0.3) is 5.32 Å². The van der Waals surface area contributed by atoms with Crippen LogP contribution >= 0.6 is 0 Å². The van der Waals surface area contributed by atoms with E-state index in [-0.39, 0.29) is 1.43 Å². The summed E-state index contributed by atoms with van der Waals surface area (Å²) in [6, 6.07) is 0. The van der Waals surface area contributed by atoms with Crippen molar-refractivity contribution < 1.29 is 1.43 Å². The van der Waals surface area contributed by atoms with Crippen molar-refractivity contribution in [1.82, 2.24) is 0 Å². The maximum absolute atomic E-state index is 3.73. The predicted octanol–water partition coefficient (Wildman–Crippen LogP) is 1.67. The topological polar surface area (TPSA) is 14.1 Å². The standard InChI is InChI=1S/C5H4N/c1-2-4-6-5-3-1/h1-2,4-5H/q-1/p+1. The Balaban J connectivity index is 0.000000360. The Hall–Kier alpha value is -0.940. The van der Waals surface area contributed by atoms with Crippen LogP contribution in [0.3, 0.4) is 0 Å². The van der Waals surface area contributed by atoms with Crippen LogP contribution in [0.4, 0.5) is 0 Å². The van der Waals surface area contributed by atoms with E-state index < -0.39 is 0 Å². The smallest absolute Gasteiger partial charge is 0.664 e. The number of hydrogen-bond donors (Lipinski definition) is 0. The molecule has 30 valence electrons. The van der Waals surface area contributed by atoms with Crippen LogP contribution in [0.15, 0.2) is 30.3 Å². The highest BCUT2D eigenvalue weighted by Crippen LogP contribution is 1.92. The molecule has 1 heteroatoms. The lowest BCUT2D eigenvalue weighted by Crippen LogP contribution is -1.54. The maximum atomic E-state index is 3.73. The highest BCUT2D eigenvalue weighted by Gasteiger charge is 1.52. The van der Waals surface area contributed by atoms with E-state index in [0.29, 0.717) is 0 Å². The first kappa shape index (κ1) is 3.26. The van der Waals surface area contributed by atoms with Gasteiger partial charge in [0.05, 0.1) is 0 Å². The molecule has 0 amide bonds. The summed E-state index contributed by atoms with van der Waals surface area (Å²) < 4.78 is 0. The van der Waals surface area contributed by atoms with Gasteiger partial charge in [0.2, 0.25) is 0 Å². The minimum absolute atomic E-state index is 0. The van der Waals surface area contributed by atoms with E-state index in [4.69, 9.17) is 0 Å². The summed E-state index contributed by atoms with van der Waals surface area (Å²) in [7, 11) is 0. The van der Waals surface area contributed by atoms with Crippen LogP contribution in [0.5, 0.6) is 0 Å². The van der Waals surface area contributed by atoms with Gasteiger partial charge in [-0.25, -0.2) is 0 Å². The molecule has 1 nitrogen and oxygen atoms in total. The first-order valence-electron chi connectivity index (χ1n) is 1.76. The molecule has 0 aromatic heterocycles. The summed E-state index contributed by atoms with van der Waals surface area (Å²) in [6.45, 7) is 0. The normalized spacial score (nSPS) is 14.7. The predicted molar refractivity (Wildman–Crippen MR) is 26.3 cm³/mol. The van der Waals surface area contributed by atoms with Crippen molar-refractivity contribution in [1.29, 1.82) is 0 Å². The van der Waals surface area contributed by atoms with Gasteiger partial charge in [0, 0.05) is 0 Å². The lowest BCUT2D eigenvalue weighted by molar-refractivity contribution is 1.74. The van der Waals surface area contributed by atoms with Crippen molar-refractivity contribution in [2.24, 2.45) is 0 Å². The van der Waals surface area contributed by atoms with Gasteiger partial charge in [0.15, 0.2) is 0 Å². The van der Waals surface area contributed by atoms with Crippen LogP contribution in [-0.4, -0.2) is 0 Å². The fourth-order valence-corrected chi connectivity index (χ4v) is 0.277. The molecule has 1 rings (SSSR count). The first-order chi connectivity index (χ1) is 3.00. The Labute approximate surface area is 38.2 Å². The molecule has 1 aliphatic rings. The third-order valence-electron chi connectivity index (χ3n) is 0.514. The van der Waals surface area contributed by atoms with Crippen molar-refractivity contribution >= 4 is 0 Å². The van der Waals surface area contributed by atoms with E-state index in [1.54, 1.807) is 12.4 Å². The van der Waals surface area contributed by atoms with E-state index in [1.165, 1.54) is 0 Å². The highest BCUT2D eigenvalue weighted by atomic mass is 14.8. The second-order valence-corrected chi connectivity index (χ2v) is 0.953. The summed E-state index contributed by atoms with van der Waals surface area (Å²) >= 11 is 0. The quantitative estimate of drug-likeness (QED) is 0.392. The van der Waals surface area contributed by atoms with Crippen LogP contribution in [0.1, 0.15) is 1.43 Å². The molecule has 0 spiro atoms. The van der Waals surface area contributed by atoms with Crippen molar-refractivity contribution in [2.45, 2.75) is 0 Å². The molecular weight excluding hydrogens is 74.1 g/mol. The van der Waals surface area contributed by atoms with E-state index >= 15 is 0 Å². The third-order valence-corrected chi connectivity index (χ3v) is 0.514. The lowest BCUT2D eigenvalue weighted by Gasteiger charge is -2.03. The molecule has 0 fully saturated rings. The van der Waals surface area contributed by atoms with Crippen LogP contribution in [-0.2, 0) is 0 Å². The zero-order chi connectivity index (χ0) is 4.24. The molecule has 6 heavy (non-hydrogen) atoms. The van der Waals surface area contributed by atoms with E-state index in [0.717, 1.165) is 0 Å². The molecule has 0 unspecified atom stereocenters. The maximum Gasteiger partial charge on any atom is 1.00 e. The molecule has 1 heterocycles. The van der Waals surface area contributed by atoms with Gasteiger partial charge in [-0.05, 0) is 6.08 Å². The van der Waals surface area contributed by atoms with E-state index in [1.807, 2.05) is 12.2 Å². The van der Waals surface area contributed by atoms with Gasteiger partial charge in [0.25, 0.3) is 0 Å². The largest absolute Gasteiger partial charge is 1.00 e.